The van der Waals surface area contributed by atoms with Crippen molar-refractivity contribution in [3.8, 4) is 0 Å². The molecule has 1 fully saturated rings. The van der Waals surface area contributed by atoms with E-state index in [1.807, 2.05) is 12.1 Å². The molecule has 1 amide bonds. The number of carbonyl (C=O) groups excluding carboxylic acids is 2. The molecule has 2 N–H and O–H groups in total. The summed E-state index contributed by atoms with van der Waals surface area (Å²) in [6, 6.07) is 3.16. The van der Waals surface area contributed by atoms with E-state index in [1.165, 1.54) is 0 Å². The molecule has 0 saturated heterocycles. The first-order valence-electron chi connectivity index (χ1n) is 10.4. The summed E-state index contributed by atoms with van der Waals surface area (Å²) in [6.45, 7) is 3.66. The second-order valence-electron chi connectivity index (χ2n) is 7.67. The molecule has 1 aliphatic carbocycles. The van der Waals surface area contributed by atoms with Gasteiger partial charge < -0.3 is 15.2 Å². The van der Waals surface area contributed by atoms with Crippen LogP contribution in [0.4, 0.5) is 0 Å². The van der Waals surface area contributed by atoms with Crippen LogP contribution in [-0.2, 0) is 20.7 Å². The molecular formula is C21H29N5O4. The number of rotatable bonds is 9. The number of ether oxygens (including phenoxy) is 1. The van der Waals surface area contributed by atoms with Crippen molar-refractivity contribution in [3.05, 3.63) is 42.0 Å². The highest BCUT2D eigenvalue weighted by atomic mass is 16.5. The summed E-state index contributed by atoms with van der Waals surface area (Å²) in [6.07, 6.45) is 7.69. The van der Waals surface area contributed by atoms with E-state index in [0.717, 1.165) is 12.0 Å². The molecule has 4 atom stereocenters. The molecule has 162 valence electrons. The fraction of sp³-hybridized carbons (Fsp3) is 0.571. The van der Waals surface area contributed by atoms with Gasteiger partial charge in [-0.15, -0.1) is 5.10 Å². The number of carbonyl (C=O) groups is 2. The van der Waals surface area contributed by atoms with Crippen LogP contribution in [0.15, 0.2) is 30.7 Å². The van der Waals surface area contributed by atoms with Gasteiger partial charge in [0, 0.05) is 18.3 Å². The van der Waals surface area contributed by atoms with Gasteiger partial charge in [0.1, 0.15) is 11.7 Å². The van der Waals surface area contributed by atoms with Gasteiger partial charge in [-0.2, -0.15) is 0 Å². The van der Waals surface area contributed by atoms with E-state index in [-0.39, 0.29) is 24.5 Å². The lowest BCUT2D eigenvalue weighted by atomic mass is 10.0. The molecule has 2 aromatic heterocycles. The van der Waals surface area contributed by atoms with Crippen molar-refractivity contribution < 1.29 is 19.4 Å². The Morgan fingerprint density at radius 2 is 2.10 bits per heavy atom. The highest BCUT2D eigenvalue weighted by Gasteiger charge is 2.34. The molecule has 2 aromatic rings. The Morgan fingerprint density at radius 1 is 1.33 bits per heavy atom. The summed E-state index contributed by atoms with van der Waals surface area (Å²) >= 11 is 0. The molecule has 9 heteroatoms. The topological polar surface area (TPSA) is 119 Å². The minimum Gasteiger partial charge on any atom is -0.464 e. The van der Waals surface area contributed by atoms with E-state index in [2.05, 4.69) is 20.6 Å². The monoisotopic (exact) mass is 415 g/mol. The first-order chi connectivity index (χ1) is 14.5. The molecule has 2 heterocycles. The molecule has 3 rings (SSSR count). The van der Waals surface area contributed by atoms with Crippen LogP contribution in [-0.4, -0.2) is 49.6 Å². The zero-order valence-corrected chi connectivity index (χ0v) is 17.4. The van der Waals surface area contributed by atoms with Gasteiger partial charge >= 0.3 is 5.97 Å². The largest absolute Gasteiger partial charge is 0.464 e. The quantitative estimate of drug-likeness (QED) is 0.599. The van der Waals surface area contributed by atoms with Gasteiger partial charge in [-0.3, -0.25) is 9.78 Å². The number of esters is 1. The van der Waals surface area contributed by atoms with Crippen molar-refractivity contribution in [2.45, 2.75) is 64.1 Å². The predicted molar refractivity (Wildman–Crippen MR) is 108 cm³/mol. The Balaban J connectivity index is 1.58. The fourth-order valence-corrected chi connectivity index (χ4v) is 3.74. The van der Waals surface area contributed by atoms with Gasteiger partial charge in [-0.05, 0) is 63.6 Å². The van der Waals surface area contributed by atoms with Crippen molar-refractivity contribution in [1.82, 2.24) is 25.3 Å². The summed E-state index contributed by atoms with van der Waals surface area (Å²) in [5.41, 5.74) is 1.57. The van der Waals surface area contributed by atoms with Crippen molar-refractivity contribution in [2.24, 2.45) is 5.92 Å². The van der Waals surface area contributed by atoms with Gasteiger partial charge in [0.05, 0.1) is 24.9 Å². The molecule has 0 radical (unpaired) electrons. The standard InChI is InChI=1S/C21H29N5O4/c1-3-30-21(29)18(7-4-15-8-10-22-11-9-15)23-20(28)16-5-6-17(12-16)26-13-19(14(2)27)24-25-26/h8-11,13-14,16-18,27H,3-7,12H2,1-2H3,(H,23,28). The van der Waals surface area contributed by atoms with Crippen LogP contribution < -0.4 is 5.32 Å². The zero-order chi connectivity index (χ0) is 21.5. The lowest BCUT2D eigenvalue weighted by Crippen LogP contribution is -2.44. The van der Waals surface area contributed by atoms with Crippen LogP contribution in [0.5, 0.6) is 0 Å². The molecule has 9 nitrogen and oxygen atoms in total. The van der Waals surface area contributed by atoms with E-state index in [9.17, 15) is 14.7 Å². The van der Waals surface area contributed by atoms with E-state index >= 15 is 0 Å². The number of amides is 1. The number of nitrogens with zero attached hydrogens (tertiary/aromatic N) is 4. The second-order valence-corrected chi connectivity index (χ2v) is 7.67. The average Bonchev–Trinajstić information content (AvgIpc) is 3.41. The first kappa shape index (κ1) is 21.9. The number of nitrogens with one attached hydrogen (secondary N) is 1. The summed E-state index contributed by atoms with van der Waals surface area (Å²) in [4.78, 5) is 29.2. The Bertz CT molecular complexity index is 839. The first-order valence-corrected chi connectivity index (χ1v) is 10.4. The lowest BCUT2D eigenvalue weighted by molar-refractivity contribution is -0.148. The minimum atomic E-state index is -0.683. The summed E-state index contributed by atoms with van der Waals surface area (Å²) in [5.74, 6) is -0.750. The normalized spacial score (nSPS) is 20.5. The van der Waals surface area contributed by atoms with Gasteiger partial charge in [0.25, 0.3) is 0 Å². The zero-order valence-electron chi connectivity index (χ0n) is 17.4. The lowest BCUT2D eigenvalue weighted by Gasteiger charge is -2.20. The third kappa shape index (κ3) is 5.63. The van der Waals surface area contributed by atoms with E-state index < -0.39 is 18.1 Å². The molecule has 0 bridgehead atoms. The van der Waals surface area contributed by atoms with Gasteiger partial charge in [-0.25, -0.2) is 9.48 Å². The third-order valence-corrected chi connectivity index (χ3v) is 5.46. The number of hydrogen-bond donors (Lipinski definition) is 2. The maximum absolute atomic E-state index is 12.9. The maximum Gasteiger partial charge on any atom is 0.328 e. The molecule has 1 aliphatic rings. The molecule has 30 heavy (non-hydrogen) atoms. The SMILES string of the molecule is CCOC(=O)C(CCc1ccncc1)NC(=O)C1CCC(n2cc(C(C)O)nn2)C1. The maximum atomic E-state index is 12.9. The second kappa shape index (κ2) is 10.3. The number of hydrogen-bond acceptors (Lipinski definition) is 7. The molecule has 0 aromatic carbocycles. The van der Waals surface area contributed by atoms with Crippen molar-refractivity contribution >= 4 is 11.9 Å². The van der Waals surface area contributed by atoms with Crippen LogP contribution >= 0.6 is 0 Å². The summed E-state index contributed by atoms with van der Waals surface area (Å²) in [5, 5.41) is 20.6. The van der Waals surface area contributed by atoms with Crippen LogP contribution in [0.3, 0.4) is 0 Å². The van der Waals surface area contributed by atoms with Gasteiger partial charge in [-0.1, -0.05) is 5.21 Å². The van der Waals surface area contributed by atoms with Crippen LogP contribution in [0, 0.1) is 5.92 Å². The molecule has 1 saturated carbocycles. The molecule has 0 aliphatic heterocycles. The molecule has 0 spiro atoms. The summed E-state index contributed by atoms with van der Waals surface area (Å²) in [7, 11) is 0. The average molecular weight is 415 g/mol. The number of aromatic nitrogens is 4. The highest BCUT2D eigenvalue weighted by molar-refractivity contribution is 5.86. The van der Waals surface area contributed by atoms with E-state index in [4.69, 9.17) is 4.74 Å². The van der Waals surface area contributed by atoms with Gasteiger partial charge in [0.2, 0.25) is 5.91 Å². The number of aliphatic hydroxyl groups excluding tert-OH is 1. The smallest absolute Gasteiger partial charge is 0.328 e. The molecule has 4 unspecified atom stereocenters. The van der Waals surface area contributed by atoms with Crippen molar-refractivity contribution in [2.75, 3.05) is 6.61 Å². The van der Waals surface area contributed by atoms with Crippen LogP contribution in [0.1, 0.15) is 62.9 Å². The van der Waals surface area contributed by atoms with E-state index in [0.29, 0.717) is 31.4 Å². The third-order valence-electron chi connectivity index (χ3n) is 5.46. The highest BCUT2D eigenvalue weighted by Crippen LogP contribution is 2.34. The number of aryl methyl sites for hydroxylation is 1. The van der Waals surface area contributed by atoms with Crippen molar-refractivity contribution in [1.29, 1.82) is 0 Å². The van der Waals surface area contributed by atoms with Gasteiger partial charge in [0.15, 0.2) is 0 Å². The number of pyridine rings is 1. The Kier molecular flexibility index (Phi) is 7.51. The fourth-order valence-electron chi connectivity index (χ4n) is 3.74. The van der Waals surface area contributed by atoms with Crippen LogP contribution in [0.25, 0.3) is 0 Å². The van der Waals surface area contributed by atoms with Crippen LogP contribution in [0.2, 0.25) is 0 Å². The summed E-state index contributed by atoms with van der Waals surface area (Å²) < 4.78 is 6.88. The van der Waals surface area contributed by atoms with Crippen molar-refractivity contribution in [3.63, 3.8) is 0 Å². The Labute approximate surface area is 175 Å². The van der Waals surface area contributed by atoms with E-state index in [1.54, 1.807) is 37.1 Å². The minimum absolute atomic E-state index is 0.0543. The molecular weight excluding hydrogens is 386 g/mol. The number of aliphatic hydroxyl groups is 1. The predicted octanol–water partition coefficient (Wildman–Crippen LogP) is 1.75. The Morgan fingerprint density at radius 3 is 2.77 bits per heavy atom. The Hall–Kier alpha value is -2.81.